The SMILES string of the molecule is CC(=O)N1C(C(=O)O)CSC1C(O)C(O)C(O)C(O)CO. The first-order valence-corrected chi connectivity index (χ1v) is 7.23. The third-order valence-electron chi connectivity index (χ3n) is 3.26. The third kappa shape index (κ3) is 3.84. The van der Waals surface area contributed by atoms with Crippen LogP contribution in [-0.2, 0) is 9.59 Å². The lowest BCUT2D eigenvalue weighted by Gasteiger charge is -2.33. The van der Waals surface area contributed by atoms with Gasteiger partial charge in [0.05, 0.1) is 6.61 Å². The third-order valence-corrected chi connectivity index (χ3v) is 4.61. The van der Waals surface area contributed by atoms with Crippen LogP contribution in [0.3, 0.4) is 0 Å². The molecular weight excluding hydrogens is 306 g/mol. The Morgan fingerprint density at radius 1 is 1.24 bits per heavy atom. The van der Waals surface area contributed by atoms with Crippen molar-refractivity contribution in [2.75, 3.05) is 12.4 Å². The van der Waals surface area contributed by atoms with Gasteiger partial charge >= 0.3 is 5.97 Å². The Morgan fingerprint density at radius 2 is 1.81 bits per heavy atom. The maximum atomic E-state index is 11.6. The molecule has 0 bridgehead atoms. The predicted molar refractivity (Wildman–Crippen MR) is 71.3 cm³/mol. The summed E-state index contributed by atoms with van der Waals surface area (Å²) in [5, 5.41) is 55.3. The number of carbonyl (C=O) groups is 2. The fourth-order valence-corrected chi connectivity index (χ4v) is 3.58. The zero-order valence-electron chi connectivity index (χ0n) is 11.2. The normalized spacial score (nSPS) is 28.0. The molecule has 1 aliphatic rings. The van der Waals surface area contributed by atoms with Gasteiger partial charge in [-0.1, -0.05) is 0 Å². The smallest absolute Gasteiger partial charge is 0.327 e. The van der Waals surface area contributed by atoms with E-state index in [1.807, 2.05) is 0 Å². The van der Waals surface area contributed by atoms with Crippen LogP contribution >= 0.6 is 11.8 Å². The lowest BCUT2D eigenvalue weighted by Crippen LogP contribution is -2.55. The van der Waals surface area contributed by atoms with Crippen molar-refractivity contribution in [3.63, 3.8) is 0 Å². The van der Waals surface area contributed by atoms with Crippen LogP contribution in [0.15, 0.2) is 0 Å². The summed E-state index contributed by atoms with van der Waals surface area (Å²) in [5.41, 5.74) is 0. The van der Waals surface area contributed by atoms with Gasteiger partial charge in [-0.2, -0.15) is 0 Å². The van der Waals surface area contributed by atoms with E-state index in [-0.39, 0.29) is 5.75 Å². The van der Waals surface area contributed by atoms with E-state index in [9.17, 15) is 30.0 Å². The molecule has 9 nitrogen and oxygen atoms in total. The number of hydrogen-bond acceptors (Lipinski definition) is 8. The maximum absolute atomic E-state index is 11.6. The number of carboxylic acid groups (broad SMARTS) is 1. The van der Waals surface area contributed by atoms with Crippen LogP contribution in [0.25, 0.3) is 0 Å². The number of rotatable bonds is 6. The van der Waals surface area contributed by atoms with E-state index in [0.29, 0.717) is 0 Å². The Hall–Kier alpha value is -0.910. The second kappa shape index (κ2) is 7.38. The second-order valence-electron chi connectivity index (χ2n) is 4.73. The highest BCUT2D eigenvalue weighted by Gasteiger charge is 2.47. The van der Waals surface area contributed by atoms with E-state index >= 15 is 0 Å². The average Bonchev–Trinajstić information content (AvgIpc) is 2.89. The molecule has 0 aliphatic carbocycles. The van der Waals surface area contributed by atoms with Crippen molar-refractivity contribution in [3.05, 3.63) is 0 Å². The van der Waals surface area contributed by atoms with Gasteiger partial charge in [0.2, 0.25) is 5.91 Å². The summed E-state index contributed by atoms with van der Waals surface area (Å²) in [6.07, 6.45) is -7.02. The van der Waals surface area contributed by atoms with Gasteiger partial charge in [-0.05, 0) is 0 Å². The van der Waals surface area contributed by atoms with Crippen LogP contribution in [0, 0.1) is 0 Å². The Labute approximate surface area is 124 Å². The van der Waals surface area contributed by atoms with Gasteiger partial charge in [0.1, 0.15) is 35.8 Å². The molecule has 6 unspecified atom stereocenters. The zero-order valence-corrected chi connectivity index (χ0v) is 12.1. The predicted octanol–water partition coefficient (Wildman–Crippen LogP) is -3.20. The van der Waals surface area contributed by atoms with Crippen molar-refractivity contribution in [3.8, 4) is 0 Å². The number of aliphatic hydroxyl groups is 5. The summed E-state index contributed by atoms with van der Waals surface area (Å²) in [5.74, 6) is -1.80. The number of aliphatic carboxylic acids is 1. The van der Waals surface area contributed by atoms with Crippen LogP contribution in [-0.4, -0.2) is 95.6 Å². The number of carboxylic acids is 1. The van der Waals surface area contributed by atoms with E-state index in [1.54, 1.807) is 0 Å². The molecule has 1 fully saturated rings. The van der Waals surface area contributed by atoms with Gasteiger partial charge < -0.3 is 35.5 Å². The monoisotopic (exact) mass is 325 g/mol. The topological polar surface area (TPSA) is 159 Å². The molecule has 0 aromatic heterocycles. The number of nitrogens with zero attached hydrogens (tertiary/aromatic N) is 1. The second-order valence-corrected chi connectivity index (χ2v) is 5.88. The molecule has 0 spiro atoms. The highest BCUT2D eigenvalue weighted by Crippen LogP contribution is 2.33. The van der Waals surface area contributed by atoms with Crippen LogP contribution in [0.5, 0.6) is 0 Å². The summed E-state index contributed by atoms with van der Waals surface area (Å²) in [7, 11) is 0. The minimum absolute atomic E-state index is 0.0298. The molecule has 0 radical (unpaired) electrons. The van der Waals surface area contributed by atoms with Crippen LogP contribution in [0.2, 0.25) is 0 Å². The molecule has 21 heavy (non-hydrogen) atoms. The number of amides is 1. The Bertz CT molecular complexity index is 394. The summed E-state index contributed by atoms with van der Waals surface area (Å²) in [6.45, 7) is 0.309. The Morgan fingerprint density at radius 3 is 2.24 bits per heavy atom. The minimum atomic E-state index is -1.85. The summed E-state index contributed by atoms with van der Waals surface area (Å²) < 4.78 is 0. The zero-order chi connectivity index (χ0) is 16.3. The van der Waals surface area contributed by atoms with E-state index in [4.69, 9.17) is 10.2 Å². The first kappa shape index (κ1) is 18.1. The highest BCUT2D eigenvalue weighted by atomic mass is 32.2. The first-order chi connectivity index (χ1) is 9.72. The van der Waals surface area contributed by atoms with Crippen LogP contribution in [0.4, 0.5) is 0 Å². The summed E-state index contributed by atoms with van der Waals surface area (Å²) in [6, 6.07) is -1.14. The van der Waals surface area contributed by atoms with Crippen molar-refractivity contribution in [2.24, 2.45) is 0 Å². The molecular formula is C11H19NO8S. The quantitative estimate of drug-likeness (QED) is 0.295. The number of aliphatic hydroxyl groups excluding tert-OH is 5. The number of thioether (sulfide) groups is 1. The van der Waals surface area contributed by atoms with Gasteiger partial charge in [-0.15, -0.1) is 11.8 Å². The molecule has 1 saturated heterocycles. The lowest BCUT2D eigenvalue weighted by atomic mass is 10.0. The van der Waals surface area contributed by atoms with Crippen molar-refractivity contribution in [2.45, 2.75) is 42.8 Å². The van der Waals surface area contributed by atoms with Gasteiger partial charge in [-0.25, -0.2) is 4.79 Å². The van der Waals surface area contributed by atoms with Crippen molar-refractivity contribution in [1.82, 2.24) is 4.90 Å². The fourth-order valence-electron chi connectivity index (χ4n) is 2.09. The number of hydrogen-bond donors (Lipinski definition) is 6. The van der Waals surface area contributed by atoms with Gasteiger partial charge in [-0.3, -0.25) is 4.79 Å². The first-order valence-electron chi connectivity index (χ1n) is 6.18. The minimum Gasteiger partial charge on any atom is -0.480 e. The van der Waals surface area contributed by atoms with Gasteiger partial charge in [0.25, 0.3) is 0 Å². The molecule has 6 atom stereocenters. The van der Waals surface area contributed by atoms with Gasteiger partial charge in [0.15, 0.2) is 0 Å². The molecule has 122 valence electrons. The van der Waals surface area contributed by atoms with Gasteiger partial charge in [0, 0.05) is 12.7 Å². The lowest BCUT2D eigenvalue weighted by molar-refractivity contribution is -0.153. The molecule has 10 heteroatoms. The molecule has 1 rings (SSSR count). The molecule has 0 aromatic rings. The van der Waals surface area contributed by atoms with E-state index < -0.39 is 54.3 Å². The largest absolute Gasteiger partial charge is 0.480 e. The average molecular weight is 325 g/mol. The van der Waals surface area contributed by atoms with Crippen LogP contribution < -0.4 is 0 Å². The standard InChI is InChI=1S/C11H19NO8S/c1-4(14)12-5(11(19)20)3-21-10(12)9(18)8(17)7(16)6(15)2-13/h5-10,13,15-18H,2-3H2,1H3,(H,19,20). The highest BCUT2D eigenvalue weighted by molar-refractivity contribution is 8.00. The van der Waals surface area contributed by atoms with Crippen molar-refractivity contribution >= 4 is 23.6 Å². The molecule has 1 heterocycles. The molecule has 0 saturated carbocycles. The van der Waals surface area contributed by atoms with E-state index in [1.165, 1.54) is 0 Å². The molecule has 6 N–H and O–H groups in total. The Balaban J connectivity index is 2.88. The van der Waals surface area contributed by atoms with E-state index in [0.717, 1.165) is 23.6 Å². The van der Waals surface area contributed by atoms with Crippen molar-refractivity contribution < 1.29 is 40.2 Å². The summed E-state index contributed by atoms with van der Waals surface area (Å²) in [4.78, 5) is 23.5. The molecule has 1 amide bonds. The van der Waals surface area contributed by atoms with E-state index in [2.05, 4.69) is 0 Å². The fraction of sp³-hybridized carbons (Fsp3) is 0.818. The molecule has 0 aromatic carbocycles. The maximum Gasteiger partial charge on any atom is 0.327 e. The number of carbonyl (C=O) groups excluding carboxylic acids is 1. The van der Waals surface area contributed by atoms with Crippen LogP contribution in [0.1, 0.15) is 6.92 Å². The summed E-state index contributed by atoms with van der Waals surface area (Å²) >= 11 is 0.947. The van der Waals surface area contributed by atoms with Crippen molar-refractivity contribution in [1.29, 1.82) is 0 Å². The molecule has 1 aliphatic heterocycles. The Kier molecular flexibility index (Phi) is 6.38.